The van der Waals surface area contributed by atoms with Crippen molar-refractivity contribution in [3.63, 3.8) is 0 Å². The van der Waals surface area contributed by atoms with Gasteiger partial charge < -0.3 is 25.6 Å². The highest BCUT2D eigenvalue weighted by Gasteiger charge is 2.45. The number of likely N-dealkylation sites (N-methyl/N-ethyl adjacent to an activating group) is 1. The van der Waals surface area contributed by atoms with Crippen molar-refractivity contribution in [1.29, 1.82) is 0 Å². The Balaban J connectivity index is 1.57. The lowest BCUT2D eigenvalue weighted by molar-refractivity contribution is -0.0205. The van der Waals surface area contributed by atoms with Gasteiger partial charge in [0.25, 0.3) is 0 Å². The molecule has 2 aromatic rings. The van der Waals surface area contributed by atoms with Gasteiger partial charge in [0.05, 0.1) is 18.8 Å². The number of pyridine rings is 1. The number of aliphatic hydroxyl groups is 2. The minimum atomic E-state index is -0.869. The number of anilines is 1. The van der Waals surface area contributed by atoms with Gasteiger partial charge in [0.15, 0.2) is 0 Å². The van der Waals surface area contributed by atoms with Crippen molar-refractivity contribution in [2.24, 2.45) is 0 Å². The second-order valence-electron chi connectivity index (χ2n) is 7.27. The van der Waals surface area contributed by atoms with Gasteiger partial charge in [-0.2, -0.15) is 0 Å². The third-order valence-electron chi connectivity index (χ3n) is 5.14. The largest absolute Gasteiger partial charge is 0.394 e. The molecule has 1 aromatic carbocycles. The number of carbonyl (C=O) groups excluding carboxylic acids is 1. The molecular weight excluding hydrogens is 408 g/mol. The van der Waals surface area contributed by atoms with Gasteiger partial charge >= 0.3 is 6.03 Å². The topological polar surface area (TPSA) is 107 Å². The van der Waals surface area contributed by atoms with Crippen LogP contribution >= 0.6 is 11.6 Å². The molecule has 162 valence electrons. The molecule has 9 heteroatoms. The Morgan fingerprint density at radius 2 is 2.10 bits per heavy atom. The molecule has 8 nitrogen and oxygen atoms in total. The van der Waals surface area contributed by atoms with Crippen LogP contribution in [0.1, 0.15) is 5.69 Å². The molecule has 0 aliphatic carbocycles. The Bertz CT molecular complexity index is 826. The third-order valence-corrected chi connectivity index (χ3v) is 5.38. The van der Waals surface area contributed by atoms with Gasteiger partial charge in [0, 0.05) is 42.1 Å². The first kappa shape index (κ1) is 22.5. The van der Waals surface area contributed by atoms with Crippen LogP contribution < -0.4 is 10.6 Å². The lowest BCUT2D eigenvalue weighted by Crippen LogP contribution is -2.50. The normalized spacial score (nSPS) is 23.5. The van der Waals surface area contributed by atoms with E-state index >= 15 is 0 Å². The van der Waals surface area contributed by atoms with Gasteiger partial charge in [-0.25, -0.2) is 4.79 Å². The molecular formula is C21H27ClN4O4. The fourth-order valence-electron chi connectivity index (χ4n) is 3.61. The summed E-state index contributed by atoms with van der Waals surface area (Å²) >= 11 is 5.93. The number of ether oxygens (including phenoxy) is 1. The van der Waals surface area contributed by atoms with E-state index in [0.717, 1.165) is 5.69 Å². The van der Waals surface area contributed by atoms with Crippen molar-refractivity contribution in [3.8, 4) is 0 Å². The predicted octanol–water partition coefficient (Wildman–Crippen LogP) is 1.52. The van der Waals surface area contributed by atoms with Gasteiger partial charge in [0.2, 0.25) is 0 Å². The number of nitrogens with one attached hydrogen (secondary N) is 2. The molecule has 1 fully saturated rings. The van der Waals surface area contributed by atoms with Crippen LogP contribution in [0.2, 0.25) is 5.02 Å². The lowest BCUT2D eigenvalue weighted by atomic mass is 10.0. The molecule has 0 saturated carbocycles. The first-order valence-corrected chi connectivity index (χ1v) is 10.2. The number of hydrogen-bond acceptors (Lipinski definition) is 6. The van der Waals surface area contributed by atoms with Crippen LogP contribution in [0, 0.1) is 0 Å². The fourth-order valence-corrected chi connectivity index (χ4v) is 3.80. The lowest BCUT2D eigenvalue weighted by Gasteiger charge is -2.30. The van der Waals surface area contributed by atoms with Crippen LogP contribution in [0.25, 0.3) is 0 Å². The van der Waals surface area contributed by atoms with Gasteiger partial charge in [-0.15, -0.1) is 0 Å². The van der Waals surface area contributed by atoms with Crippen LogP contribution in [-0.2, 0) is 11.2 Å². The average molecular weight is 435 g/mol. The van der Waals surface area contributed by atoms with Crippen LogP contribution in [0.4, 0.5) is 10.5 Å². The SMILES string of the molecule is CN(CCc1ccccn1)[C@@H]1[C@H](O)[C@H](CO)O[C@@H]1CNC(=O)Nc1cccc(Cl)c1. The molecule has 1 aliphatic heterocycles. The van der Waals surface area contributed by atoms with Gasteiger partial charge in [0.1, 0.15) is 12.2 Å². The summed E-state index contributed by atoms with van der Waals surface area (Å²) in [5, 5.41) is 26.2. The fraction of sp³-hybridized carbons (Fsp3) is 0.429. The number of urea groups is 1. The van der Waals surface area contributed by atoms with Gasteiger partial charge in [-0.3, -0.25) is 9.88 Å². The molecule has 4 atom stereocenters. The summed E-state index contributed by atoms with van der Waals surface area (Å²) in [4.78, 5) is 18.5. The summed E-state index contributed by atoms with van der Waals surface area (Å²) in [7, 11) is 1.89. The third kappa shape index (κ3) is 5.90. The molecule has 0 bridgehead atoms. The Hall–Kier alpha value is -2.23. The van der Waals surface area contributed by atoms with E-state index in [1.54, 1.807) is 30.5 Å². The second-order valence-corrected chi connectivity index (χ2v) is 7.71. The highest BCUT2D eigenvalue weighted by atomic mass is 35.5. The van der Waals surface area contributed by atoms with E-state index in [9.17, 15) is 15.0 Å². The average Bonchev–Trinajstić information content (AvgIpc) is 3.06. The van der Waals surface area contributed by atoms with Crippen molar-refractivity contribution in [1.82, 2.24) is 15.2 Å². The number of nitrogens with zero attached hydrogens (tertiary/aromatic N) is 2. The molecule has 2 heterocycles. The Morgan fingerprint density at radius 3 is 2.80 bits per heavy atom. The molecule has 1 aliphatic rings. The highest BCUT2D eigenvalue weighted by Crippen LogP contribution is 2.25. The zero-order chi connectivity index (χ0) is 21.5. The van der Waals surface area contributed by atoms with Crippen molar-refractivity contribution in [2.45, 2.75) is 30.8 Å². The standard InChI is InChI=1S/C21H27ClN4O4/c1-26(10-8-15-6-2-3-9-23-15)19-17(30-18(13-27)20(19)28)12-24-21(29)25-16-7-4-5-14(22)11-16/h2-7,9,11,17-20,27-28H,8,10,12-13H2,1H3,(H2,24,25,29)/t17-,18+,19+,20-/m1/s1. The predicted molar refractivity (Wildman–Crippen MR) is 115 cm³/mol. The first-order valence-electron chi connectivity index (χ1n) is 9.83. The Labute approximate surface area is 180 Å². The van der Waals surface area contributed by atoms with Crippen molar-refractivity contribution in [2.75, 3.05) is 32.1 Å². The minimum absolute atomic E-state index is 0.179. The number of benzene rings is 1. The molecule has 0 spiro atoms. The monoisotopic (exact) mass is 434 g/mol. The quantitative estimate of drug-likeness (QED) is 0.502. The molecule has 1 aromatic heterocycles. The highest BCUT2D eigenvalue weighted by molar-refractivity contribution is 6.30. The van der Waals surface area contributed by atoms with Crippen molar-refractivity contribution >= 4 is 23.3 Å². The number of halogens is 1. The molecule has 0 unspecified atom stereocenters. The van der Waals surface area contributed by atoms with E-state index in [1.807, 2.05) is 30.1 Å². The minimum Gasteiger partial charge on any atom is -0.394 e. The second kappa shape index (κ2) is 10.7. The van der Waals surface area contributed by atoms with Crippen molar-refractivity contribution in [3.05, 3.63) is 59.4 Å². The molecule has 2 amide bonds. The Kier molecular flexibility index (Phi) is 8.01. The van der Waals surface area contributed by atoms with Crippen LogP contribution in [-0.4, -0.2) is 77.2 Å². The number of rotatable bonds is 8. The number of amides is 2. The van der Waals surface area contributed by atoms with Gasteiger partial charge in [-0.1, -0.05) is 23.7 Å². The van der Waals surface area contributed by atoms with Crippen molar-refractivity contribution < 1.29 is 19.7 Å². The summed E-state index contributed by atoms with van der Waals surface area (Å²) in [6, 6.07) is 11.8. The number of aliphatic hydroxyl groups excluding tert-OH is 2. The number of carbonyl (C=O) groups is 1. The molecule has 3 rings (SSSR count). The molecule has 4 N–H and O–H groups in total. The summed E-state index contributed by atoms with van der Waals surface area (Å²) in [5.41, 5.74) is 1.52. The summed E-state index contributed by atoms with van der Waals surface area (Å²) in [6.45, 7) is 0.529. The zero-order valence-electron chi connectivity index (χ0n) is 16.7. The van der Waals surface area contributed by atoms with Crippen LogP contribution in [0.15, 0.2) is 48.7 Å². The van der Waals surface area contributed by atoms with Gasteiger partial charge in [-0.05, 0) is 37.4 Å². The zero-order valence-corrected chi connectivity index (χ0v) is 17.5. The summed E-state index contributed by atoms with van der Waals surface area (Å²) < 4.78 is 5.81. The summed E-state index contributed by atoms with van der Waals surface area (Å²) in [6.07, 6.45) is 0.410. The maximum absolute atomic E-state index is 12.2. The van der Waals surface area contributed by atoms with E-state index in [-0.39, 0.29) is 19.2 Å². The maximum atomic E-state index is 12.2. The molecule has 1 saturated heterocycles. The number of aromatic nitrogens is 1. The van der Waals surface area contributed by atoms with E-state index in [0.29, 0.717) is 23.7 Å². The number of hydrogen-bond donors (Lipinski definition) is 4. The Morgan fingerprint density at radius 1 is 1.27 bits per heavy atom. The van der Waals surface area contributed by atoms with Crippen LogP contribution in [0.5, 0.6) is 0 Å². The van der Waals surface area contributed by atoms with E-state index in [2.05, 4.69) is 15.6 Å². The molecule has 0 radical (unpaired) electrons. The summed E-state index contributed by atoms with van der Waals surface area (Å²) in [5.74, 6) is 0. The van der Waals surface area contributed by atoms with E-state index < -0.39 is 24.3 Å². The van der Waals surface area contributed by atoms with E-state index in [4.69, 9.17) is 16.3 Å². The van der Waals surface area contributed by atoms with E-state index in [1.165, 1.54) is 0 Å². The van der Waals surface area contributed by atoms with Crippen LogP contribution in [0.3, 0.4) is 0 Å². The maximum Gasteiger partial charge on any atom is 0.319 e. The molecule has 30 heavy (non-hydrogen) atoms. The first-order chi connectivity index (χ1) is 14.5. The smallest absolute Gasteiger partial charge is 0.319 e.